The molecule has 3 aromatic carbocycles. The maximum atomic E-state index is 13.2. The van der Waals surface area contributed by atoms with Crippen molar-refractivity contribution in [3.05, 3.63) is 89.9 Å². The molecule has 0 aromatic heterocycles. The number of urea groups is 1. The Hall–Kier alpha value is -2.89. The lowest BCUT2D eigenvalue weighted by molar-refractivity contribution is -0.122. The standard InChI is InChI=1S/C26H19BrClIN2O5/c1-14-3-8-18(12-20(14)28)31-25(33)19(24(32)30-26(31)34)9-16-10-21(29)23(22(11-16)35-2)36-13-15-4-6-17(27)7-5-15/h3-12H,13H2,1-2H3,(H,30,32,34)/b19-9-. The molecule has 0 radical (unpaired) electrons. The third-order valence-electron chi connectivity index (χ3n) is 5.37. The first-order chi connectivity index (χ1) is 17.2. The predicted octanol–water partition coefficient (Wildman–Crippen LogP) is 6.27. The second kappa shape index (κ2) is 11.0. The number of ether oxygens (including phenoxy) is 2. The monoisotopic (exact) mass is 680 g/mol. The molecule has 4 rings (SSSR count). The van der Waals surface area contributed by atoms with Crippen LogP contribution in [0.1, 0.15) is 16.7 Å². The van der Waals surface area contributed by atoms with Crippen LogP contribution in [0.5, 0.6) is 11.5 Å². The van der Waals surface area contributed by atoms with E-state index in [2.05, 4.69) is 43.8 Å². The molecule has 36 heavy (non-hydrogen) atoms. The van der Waals surface area contributed by atoms with Crippen molar-refractivity contribution in [1.82, 2.24) is 5.32 Å². The SMILES string of the molecule is COc1cc(/C=C2/C(=O)NC(=O)N(c3ccc(C)c(Cl)c3)C2=O)cc(I)c1OCc1ccc(Br)cc1. The van der Waals surface area contributed by atoms with Gasteiger partial charge in [-0.3, -0.25) is 14.9 Å². The number of carbonyl (C=O) groups is 3. The number of hydrogen-bond acceptors (Lipinski definition) is 5. The van der Waals surface area contributed by atoms with Gasteiger partial charge in [0.2, 0.25) is 0 Å². The average molecular weight is 682 g/mol. The van der Waals surface area contributed by atoms with E-state index in [1.165, 1.54) is 19.3 Å². The minimum atomic E-state index is -0.842. The number of anilines is 1. The number of amides is 4. The van der Waals surface area contributed by atoms with Gasteiger partial charge in [0, 0.05) is 9.50 Å². The summed E-state index contributed by atoms with van der Waals surface area (Å²) in [5.74, 6) is -0.571. The molecule has 1 heterocycles. The topological polar surface area (TPSA) is 84.9 Å². The minimum absolute atomic E-state index is 0.201. The Morgan fingerprint density at radius 1 is 1.08 bits per heavy atom. The van der Waals surface area contributed by atoms with Crippen molar-refractivity contribution >= 4 is 79.7 Å². The third kappa shape index (κ3) is 5.58. The molecule has 4 amide bonds. The summed E-state index contributed by atoms with van der Waals surface area (Å²) < 4.78 is 13.2. The second-order valence-corrected chi connectivity index (χ2v) is 10.3. The van der Waals surface area contributed by atoms with Crippen molar-refractivity contribution < 1.29 is 23.9 Å². The van der Waals surface area contributed by atoms with Crippen molar-refractivity contribution in [3.8, 4) is 11.5 Å². The maximum Gasteiger partial charge on any atom is 0.335 e. The van der Waals surface area contributed by atoms with E-state index in [1.807, 2.05) is 24.3 Å². The van der Waals surface area contributed by atoms with E-state index in [0.717, 1.165) is 24.1 Å². The predicted molar refractivity (Wildman–Crippen MR) is 149 cm³/mol. The second-order valence-electron chi connectivity index (χ2n) is 7.84. The summed E-state index contributed by atoms with van der Waals surface area (Å²) in [5, 5.41) is 2.61. The summed E-state index contributed by atoms with van der Waals surface area (Å²) in [6.45, 7) is 2.14. The summed E-state index contributed by atoms with van der Waals surface area (Å²) in [5.41, 5.74) is 2.36. The number of hydrogen-bond donors (Lipinski definition) is 1. The van der Waals surface area contributed by atoms with Crippen LogP contribution in [0.4, 0.5) is 10.5 Å². The molecule has 0 unspecified atom stereocenters. The normalized spacial score (nSPS) is 14.8. The number of aryl methyl sites for hydroxylation is 1. The first kappa shape index (κ1) is 26.2. The number of methoxy groups -OCH3 is 1. The first-order valence-corrected chi connectivity index (χ1v) is 12.9. The van der Waals surface area contributed by atoms with Gasteiger partial charge in [0.05, 0.1) is 16.4 Å². The Balaban J connectivity index is 1.64. The van der Waals surface area contributed by atoms with Gasteiger partial charge in [0.1, 0.15) is 12.2 Å². The number of carbonyl (C=O) groups excluding carboxylic acids is 3. The molecule has 0 aliphatic carbocycles. The molecule has 0 atom stereocenters. The number of rotatable bonds is 6. The fourth-order valence-electron chi connectivity index (χ4n) is 3.48. The Labute approximate surface area is 234 Å². The minimum Gasteiger partial charge on any atom is -0.493 e. The maximum absolute atomic E-state index is 13.2. The average Bonchev–Trinajstić information content (AvgIpc) is 2.84. The summed E-state index contributed by atoms with van der Waals surface area (Å²) in [6.07, 6.45) is 1.41. The lowest BCUT2D eigenvalue weighted by Gasteiger charge is -2.26. The van der Waals surface area contributed by atoms with Gasteiger partial charge < -0.3 is 9.47 Å². The zero-order valence-corrected chi connectivity index (χ0v) is 23.6. The molecular weight excluding hydrogens is 663 g/mol. The first-order valence-electron chi connectivity index (χ1n) is 10.6. The number of halogens is 3. The fraction of sp³-hybridized carbons (Fsp3) is 0.115. The van der Waals surface area contributed by atoms with Crippen LogP contribution in [-0.2, 0) is 16.2 Å². The summed E-state index contributed by atoms with van der Waals surface area (Å²) in [7, 11) is 1.51. The van der Waals surface area contributed by atoms with Crippen molar-refractivity contribution in [2.24, 2.45) is 0 Å². The van der Waals surface area contributed by atoms with Gasteiger partial charge >= 0.3 is 6.03 Å². The number of nitrogens with zero attached hydrogens (tertiary/aromatic N) is 1. The fourth-order valence-corrected chi connectivity index (χ4v) is 4.70. The summed E-state index contributed by atoms with van der Waals surface area (Å²) in [6, 6.07) is 15.1. The van der Waals surface area contributed by atoms with Crippen LogP contribution in [-0.4, -0.2) is 25.0 Å². The van der Waals surface area contributed by atoms with Crippen molar-refractivity contribution in [3.63, 3.8) is 0 Å². The number of imide groups is 2. The molecule has 0 bridgehead atoms. The van der Waals surface area contributed by atoms with E-state index in [-0.39, 0.29) is 11.3 Å². The van der Waals surface area contributed by atoms with E-state index in [0.29, 0.717) is 28.7 Å². The van der Waals surface area contributed by atoms with Crippen LogP contribution in [0.15, 0.2) is 64.6 Å². The Morgan fingerprint density at radius 2 is 1.81 bits per heavy atom. The molecule has 3 aromatic rings. The Morgan fingerprint density at radius 3 is 2.47 bits per heavy atom. The largest absolute Gasteiger partial charge is 0.493 e. The third-order valence-corrected chi connectivity index (χ3v) is 7.11. The molecular formula is C26H19BrClIN2O5. The molecule has 0 saturated carbocycles. The lowest BCUT2D eigenvalue weighted by atomic mass is 10.1. The van der Waals surface area contributed by atoms with Crippen LogP contribution >= 0.6 is 50.1 Å². The van der Waals surface area contributed by atoms with Crippen LogP contribution < -0.4 is 19.7 Å². The lowest BCUT2D eigenvalue weighted by Crippen LogP contribution is -2.54. The molecule has 1 N–H and O–H groups in total. The summed E-state index contributed by atoms with van der Waals surface area (Å²) >= 11 is 11.7. The van der Waals surface area contributed by atoms with Crippen LogP contribution in [0.3, 0.4) is 0 Å². The van der Waals surface area contributed by atoms with Gasteiger partial charge in [-0.05, 0) is 88.7 Å². The zero-order valence-electron chi connectivity index (χ0n) is 19.1. The van der Waals surface area contributed by atoms with E-state index >= 15 is 0 Å². The van der Waals surface area contributed by atoms with Gasteiger partial charge in [-0.1, -0.05) is 45.7 Å². The highest BCUT2D eigenvalue weighted by atomic mass is 127. The number of barbiturate groups is 1. The number of nitrogens with one attached hydrogen (secondary N) is 1. The van der Waals surface area contributed by atoms with E-state index in [9.17, 15) is 14.4 Å². The molecule has 1 saturated heterocycles. The van der Waals surface area contributed by atoms with Crippen LogP contribution in [0.2, 0.25) is 5.02 Å². The van der Waals surface area contributed by atoms with Gasteiger partial charge in [0.15, 0.2) is 11.5 Å². The Kier molecular flexibility index (Phi) is 8.01. The molecule has 184 valence electrons. The van der Waals surface area contributed by atoms with Crippen LogP contribution in [0, 0.1) is 10.5 Å². The summed E-state index contributed by atoms with van der Waals surface area (Å²) in [4.78, 5) is 39.1. The quantitative estimate of drug-likeness (QED) is 0.189. The van der Waals surface area contributed by atoms with Gasteiger partial charge in [-0.15, -0.1) is 0 Å². The molecule has 0 spiro atoms. The molecule has 1 aliphatic rings. The van der Waals surface area contributed by atoms with Gasteiger partial charge in [-0.25, -0.2) is 9.69 Å². The molecule has 1 aliphatic heterocycles. The smallest absolute Gasteiger partial charge is 0.335 e. The van der Waals surface area contributed by atoms with Crippen molar-refractivity contribution in [2.45, 2.75) is 13.5 Å². The van der Waals surface area contributed by atoms with Crippen molar-refractivity contribution in [1.29, 1.82) is 0 Å². The van der Waals surface area contributed by atoms with E-state index < -0.39 is 17.8 Å². The molecule has 1 fully saturated rings. The highest BCUT2D eigenvalue weighted by molar-refractivity contribution is 14.1. The highest BCUT2D eigenvalue weighted by Crippen LogP contribution is 2.36. The number of benzene rings is 3. The zero-order chi connectivity index (χ0) is 26.0. The van der Waals surface area contributed by atoms with E-state index in [1.54, 1.807) is 31.2 Å². The highest BCUT2D eigenvalue weighted by Gasteiger charge is 2.37. The van der Waals surface area contributed by atoms with Gasteiger partial charge in [0.25, 0.3) is 11.8 Å². The van der Waals surface area contributed by atoms with E-state index in [4.69, 9.17) is 21.1 Å². The Bertz CT molecular complexity index is 1410. The molecule has 7 nitrogen and oxygen atoms in total. The van der Waals surface area contributed by atoms with Crippen molar-refractivity contribution in [2.75, 3.05) is 12.0 Å². The van der Waals surface area contributed by atoms with Gasteiger partial charge in [-0.2, -0.15) is 0 Å². The van der Waals surface area contributed by atoms with Crippen LogP contribution in [0.25, 0.3) is 6.08 Å². The molecule has 10 heteroatoms.